The SMILES string of the molecule is C/C=C\C(=C/C)c1c(C)sc2ccccc12.C=C. The molecular formula is C17H20S. The zero-order chi connectivity index (χ0) is 13.5. The lowest BCUT2D eigenvalue weighted by Gasteiger charge is -2.02. The molecule has 0 unspecified atom stereocenters. The second kappa shape index (κ2) is 6.97. The fourth-order valence-electron chi connectivity index (χ4n) is 2.03. The Morgan fingerprint density at radius 1 is 1.17 bits per heavy atom. The molecule has 0 aliphatic carbocycles. The predicted molar refractivity (Wildman–Crippen MR) is 86.3 cm³/mol. The third-order valence-corrected chi connectivity index (χ3v) is 3.80. The molecule has 0 N–H and O–H groups in total. The van der Waals surface area contributed by atoms with Gasteiger partial charge in [0.2, 0.25) is 0 Å². The van der Waals surface area contributed by atoms with E-state index in [0.717, 1.165) is 0 Å². The van der Waals surface area contributed by atoms with Crippen LogP contribution in [0.1, 0.15) is 24.3 Å². The Labute approximate surface area is 114 Å². The second-order valence-corrected chi connectivity index (χ2v) is 5.03. The van der Waals surface area contributed by atoms with Crippen molar-refractivity contribution in [3.63, 3.8) is 0 Å². The molecule has 0 saturated heterocycles. The molecule has 18 heavy (non-hydrogen) atoms. The molecule has 0 fully saturated rings. The van der Waals surface area contributed by atoms with Crippen LogP contribution < -0.4 is 0 Å². The Hall–Kier alpha value is -1.60. The van der Waals surface area contributed by atoms with E-state index in [1.54, 1.807) is 0 Å². The van der Waals surface area contributed by atoms with Crippen LogP contribution in [0.5, 0.6) is 0 Å². The molecule has 0 bridgehead atoms. The van der Waals surface area contributed by atoms with Gasteiger partial charge in [-0.25, -0.2) is 0 Å². The van der Waals surface area contributed by atoms with Crippen LogP contribution in [-0.2, 0) is 0 Å². The van der Waals surface area contributed by atoms with Crippen LogP contribution in [0.15, 0.2) is 55.7 Å². The van der Waals surface area contributed by atoms with Crippen LogP contribution in [0, 0.1) is 6.92 Å². The van der Waals surface area contributed by atoms with Gasteiger partial charge in [-0.05, 0) is 32.4 Å². The maximum Gasteiger partial charge on any atom is 0.0352 e. The van der Waals surface area contributed by atoms with E-state index in [1.165, 1.54) is 26.1 Å². The molecule has 0 nitrogen and oxygen atoms in total. The minimum atomic E-state index is 1.32. The normalized spacial score (nSPS) is 11.6. The van der Waals surface area contributed by atoms with Crippen molar-refractivity contribution in [3.05, 3.63) is 66.1 Å². The van der Waals surface area contributed by atoms with Gasteiger partial charge in [-0.1, -0.05) is 36.4 Å². The average Bonchev–Trinajstić information content (AvgIpc) is 2.74. The van der Waals surface area contributed by atoms with Gasteiger partial charge in [0.15, 0.2) is 0 Å². The molecule has 2 rings (SSSR count). The van der Waals surface area contributed by atoms with E-state index in [1.807, 2.05) is 11.3 Å². The molecule has 0 radical (unpaired) electrons. The maximum absolute atomic E-state index is 3.00. The van der Waals surface area contributed by atoms with Crippen molar-refractivity contribution in [2.75, 3.05) is 0 Å². The van der Waals surface area contributed by atoms with Gasteiger partial charge in [0.05, 0.1) is 0 Å². The van der Waals surface area contributed by atoms with Gasteiger partial charge in [0.1, 0.15) is 0 Å². The van der Waals surface area contributed by atoms with Crippen LogP contribution in [0.3, 0.4) is 0 Å². The molecule has 0 aliphatic rings. The smallest absolute Gasteiger partial charge is 0.0352 e. The van der Waals surface area contributed by atoms with E-state index in [9.17, 15) is 0 Å². The lowest BCUT2D eigenvalue weighted by molar-refractivity contribution is 1.56. The van der Waals surface area contributed by atoms with Crippen molar-refractivity contribution in [1.82, 2.24) is 0 Å². The molecule has 0 amide bonds. The van der Waals surface area contributed by atoms with Crippen LogP contribution in [-0.4, -0.2) is 0 Å². The molecule has 0 aliphatic heterocycles. The Bertz CT molecular complexity index is 570. The Balaban J connectivity index is 0.000000771. The van der Waals surface area contributed by atoms with Crippen LogP contribution in [0.4, 0.5) is 0 Å². The first-order valence-electron chi connectivity index (χ1n) is 6.05. The summed E-state index contributed by atoms with van der Waals surface area (Å²) >= 11 is 1.87. The average molecular weight is 256 g/mol. The van der Waals surface area contributed by atoms with Gasteiger partial charge in [0.25, 0.3) is 0 Å². The summed E-state index contributed by atoms with van der Waals surface area (Å²) < 4.78 is 1.37. The fraction of sp³-hybridized carbons (Fsp3) is 0.176. The highest BCUT2D eigenvalue weighted by atomic mass is 32.1. The van der Waals surface area contributed by atoms with Crippen molar-refractivity contribution >= 4 is 27.0 Å². The minimum absolute atomic E-state index is 1.32. The summed E-state index contributed by atoms with van der Waals surface area (Å²) in [5.41, 5.74) is 2.71. The summed E-state index contributed by atoms with van der Waals surface area (Å²) in [4.78, 5) is 1.40. The summed E-state index contributed by atoms with van der Waals surface area (Å²) in [6.07, 6.45) is 6.46. The predicted octanol–water partition coefficient (Wildman–Crippen LogP) is 5.99. The number of rotatable bonds is 2. The molecule has 1 heterocycles. The molecular weight excluding hydrogens is 236 g/mol. The van der Waals surface area contributed by atoms with Gasteiger partial charge < -0.3 is 0 Å². The first kappa shape index (κ1) is 14.5. The van der Waals surface area contributed by atoms with Crippen LogP contribution in [0.2, 0.25) is 0 Å². The van der Waals surface area contributed by atoms with E-state index in [-0.39, 0.29) is 0 Å². The number of hydrogen-bond acceptors (Lipinski definition) is 1. The second-order valence-electron chi connectivity index (χ2n) is 3.77. The molecule has 94 valence electrons. The summed E-state index contributed by atoms with van der Waals surface area (Å²) in [7, 11) is 0. The highest BCUT2D eigenvalue weighted by Gasteiger charge is 2.09. The number of thiophene rings is 1. The maximum atomic E-state index is 3.00. The fourth-order valence-corrected chi connectivity index (χ4v) is 3.12. The largest absolute Gasteiger partial charge is 0.140 e. The molecule has 2 aromatic rings. The molecule has 0 atom stereocenters. The summed E-state index contributed by atoms with van der Waals surface area (Å²) in [5.74, 6) is 0. The van der Waals surface area contributed by atoms with E-state index >= 15 is 0 Å². The standard InChI is InChI=1S/C15H16S.C2H4/c1-4-8-12(5-2)15-11(3)16-14-10-7-6-9-13(14)15;1-2/h4-10H,1-3H3;1-2H2/b8-4-,12-5+;. The minimum Gasteiger partial charge on any atom is -0.140 e. The number of benzene rings is 1. The number of aryl methyl sites for hydroxylation is 1. The quantitative estimate of drug-likeness (QED) is 0.457. The van der Waals surface area contributed by atoms with Gasteiger partial charge in [-0.15, -0.1) is 24.5 Å². The van der Waals surface area contributed by atoms with Crippen molar-refractivity contribution in [1.29, 1.82) is 0 Å². The summed E-state index contributed by atoms with van der Waals surface area (Å²) in [5, 5.41) is 1.37. The zero-order valence-electron chi connectivity index (χ0n) is 11.4. The van der Waals surface area contributed by atoms with Gasteiger partial charge in [0, 0.05) is 20.5 Å². The van der Waals surface area contributed by atoms with E-state index in [4.69, 9.17) is 0 Å². The lowest BCUT2D eigenvalue weighted by Crippen LogP contribution is -1.81. The van der Waals surface area contributed by atoms with E-state index in [2.05, 4.69) is 76.4 Å². The van der Waals surface area contributed by atoms with Gasteiger partial charge >= 0.3 is 0 Å². The Morgan fingerprint density at radius 3 is 2.44 bits per heavy atom. The lowest BCUT2D eigenvalue weighted by atomic mass is 10.0. The highest BCUT2D eigenvalue weighted by Crippen LogP contribution is 2.35. The first-order chi connectivity index (χ1) is 8.77. The highest BCUT2D eigenvalue weighted by molar-refractivity contribution is 7.19. The third kappa shape index (κ3) is 2.80. The van der Waals surface area contributed by atoms with Crippen LogP contribution in [0.25, 0.3) is 15.7 Å². The number of fused-ring (bicyclic) bond motifs is 1. The molecule has 0 spiro atoms. The molecule has 0 saturated carbocycles. The zero-order valence-corrected chi connectivity index (χ0v) is 12.2. The number of allylic oxidation sites excluding steroid dienone is 4. The Morgan fingerprint density at radius 2 is 1.83 bits per heavy atom. The molecule has 1 heteroatoms. The molecule has 1 aromatic carbocycles. The van der Waals surface area contributed by atoms with E-state index in [0.29, 0.717) is 0 Å². The third-order valence-electron chi connectivity index (χ3n) is 2.72. The topological polar surface area (TPSA) is 0 Å². The molecule has 1 aromatic heterocycles. The monoisotopic (exact) mass is 256 g/mol. The summed E-state index contributed by atoms with van der Waals surface area (Å²) in [6, 6.07) is 8.62. The van der Waals surface area contributed by atoms with Crippen molar-refractivity contribution in [3.8, 4) is 0 Å². The van der Waals surface area contributed by atoms with Crippen molar-refractivity contribution in [2.24, 2.45) is 0 Å². The van der Waals surface area contributed by atoms with Gasteiger partial charge in [-0.2, -0.15) is 0 Å². The van der Waals surface area contributed by atoms with Crippen molar-refractivity contribution in [2.45, 2.75) is 20.8 Å². The Kier molecular flexibility index (Phi) is 5.60. The van der Waals surface area contributed by atoms with Gasteiger partial charge in [-0.3, -0.25) is 0 Å². The first-order valence-corrected chi connectivity index (χ1v) is 6.87. The van der Waals surface area contributed by atoms with E-state index < -0.39 is 0 Å². The number of hydrogen-bond donors (Lipinski definition) is 0. The summed E-state index contributed by atoms with van der Waals surface area (Å²) in [6.45, 7) is 12.4. The van der Waals surface area contributed by atoms with Crippen LogP contribution >= 0.6 is 11.3 Å². The van der Waals surface area contributed by atoms with Crippen molar-refractivity contribution < 1.29 is 0 Å².